The van der Waals surface area contributed by atoms with E-state index < -0.39 is 16.6 Å². The van der Waals surface area contributed by atoms with Crippen LogP contribution in [0.4, 0.5) is 0 Å². The normalized spacial score (nSPS) is 14.6. The summed E-state index contributed by atoms with van der Waals surface area (Å²) in [7, 11) is -5.03. The van der Waals surface area contributed by atoms with E-state index in [0.717, 1.165) is 22.6 Å². The summed E-state index contributed by atoms with van der Waals surface area (Å²) in [6, 6.07) is 27.7. The van der Waals surface area contributed by atoms with Gasteiger partial charge in [0.2, 0.25) is 15.1 Å². The fourth-order valence-corrected chi connectivity index (χ4v) is 17.2. The number of rotatable bonds is 12. The molecule has 0 radical (unpaired) electrons. The van der Waals surface area contributed by atoms with Gasteiger partial charge in [-0.1, -0.05) is 136 Å². The molecule has 0 spiro atoms. The highest BCUT2D eigenvalue weighted by molar-refractivity contribution is 6.99. The highest BCUT2D eigenvalue weighted by Crippen LogP contribution is 2.48. The summed E-state index contributed by atoms with van der Waals surface area (Å²) in [5, 5.41) is 2.39. The smallest absolute Gasteiger partial charge is 0.261 e. The van der Waals surface area contributed by atoms with Crippen LogP contribution in [-0.4, -0.2) is 30.0 Å². The molecule has 0 fully saturated rings. The van der Waals surface area contributed by atoms with E-state index in [4.69, 9.17) is 18.3 Å². The lowest BCUT2D eigenvalue weighted by Gasteiger charge is -2.46. The number of hydrogen-bond acceptors (Lipinski definition) is 4. The number of hydrogen-bond donors (Lipinski definition) is 0. The van der Waals surface area contributed by atoms with Crippen LogP contribution < -0.4 is 19.8 Å². The van der Waals surface area contributed by atoms with Crippen LogP contribution in [0.2, 0.25) is 21.7 Å². The van der Waals surface area contributed by atoms with Gasteiger partial charge in [-0.15, -0.1) is 0 Å². The summed E-state index contributed by atoms with van der Waals surface area (Å²) >= 11 is 0. The fraction of sp³-hybridized carbons (Fsp3) is 0.444. The SMILES string of the molecule is C=C(CO[Si](c1ccccc1)(c1ccccc1)C(C)(C)C)C(O[Si](C(C)C)(C(C)C)C(C)C)c1ccc2c(c1)OCO2. The van der Waals surface area contributed by atoms with Gasteiger partial charge in [0.25, 0.3) is 8.32 Å². The second-order valence-electron chi connectivity index (χ2n) is 13.5. The largest absolute Gasteiger partial charge is 0.454 e. The van der Waals surface area contributed by atoms with Gasteiger partial charge < -0.3 is 18.3 Å². The first-order chi connectivity index (χ1) is 19.8. The Bertz CT molecular complexity index is 1270. The summed E-state index contributed by atoms with van der Waals surface area (Å²) in [5.41, 5.74) is 3.26. The molecule has 1 unspecified atom stereocenters. The van der Waals surface area contributed by atoms with Gasteiger partial charge in [-0.25, -0.2) is 0 Å². The van der Waals surface area contributed by atoms with E-state index in [1.165, 1.54) is 10.4 Å². The molecule has 0 bridgehead atoms. The first-order valence-corrected chi connectivity index (χ1v) is 19.4. The molecule has 6 heteroatoms. The van der Waals surface area contributed by atoms with Crippen molar-refractivity contribution in [2.24, 2.45) is 0 Å². The summed E-state index contributed by atoms with van der Waals surface area (Å²) < 4.78 is 26.2. The zero-order valence-corrected chi connectivity index (χ0v) is 29.1. The molecule has 1 heterocycles. The van der Waals surface area contributed by atoms with E-state index >= 15 is 0 Å². The molecule has 1 aliphatic rings. The third kappa shape index (κ3) is 6.05. The van der Waals surface area contributed by atoms with E-state index in [0.29, 0.717) is 23.2 Å². The van der Waals surface area contributed by atoms with Crippen LogP contribution >= 0.6 is 0 Å². The minimum Gasteiger partial charge on any atom is -0.454 e. The van der Waals surface area contributed by atoms with Gasteiger partial charge >= 0.3 is 0 Å². The number of benzene rings is 3. The first kappa shape index (κ1) is 32.3. The Morgan fingerprint density at radius 1 is 0.762 bits per heavy atom. The minimum absolute atomic E-state index is 0.128. The molecule has 42 heavy (non-hydrogen) atoms. The molecule has 4 nitrogen and oxygen atoms in total. The van der Waals surface area contributed by atoms with Crippen molar-refractivity contribution in [2.45, 2.75) is 90.1 Å². The van der Waals surface area contributed by atoms with Gasteiger partial charge in [0.05, 0.1) is 12.7 Å². The van der Waals surface area contributed by atoms with Gasteiger partial charge in [-0.2, -0.15) is 0 Å². The van der Waals surface area contributed by atoms with Crippen molar-refractivity contribution in [2.75, 3.05) is 13.4 Å². The van der Waals surface area contributed by atoms with Crippen molar-refractivity contribution in [3.05, 3.63) is 96.6 Å². The topological polar surface area (TPSA) is 36.9 Å². The monoisotopic (exact) mass is 602 g/mol. The lowest BCUT2D eigenvalue weighted by atomic mass is 10.0. The molecule has 1 aliphatic heterocycles. The Labute approximate surface area is 256 Å². The van der Waals surface area contributed by atoms with Gasteiger partial charge in [-0.05, 0) is 55.3 Å². The third-order valence-electron chi connectivity index (χ3n) is 8.99. The second-order valence-corrected chi connectivity index (χ2v) is 23.3. The molecule has 1 atom stereocenters. The van der Waals surface area contributed by atoms with E-state index in [2.05, 4.69) is 142 Å². The van der Waals surface area contributed by atoms with E-state index in [1.54, 1.807) is 0 Å². The van der Waals surface area contributed by atoms with Gasteiger partial charge in [0, 0.05) is 0 Å². The van der Waals surface area contributed by atoms with E-state index in [-0.39, 0.29) is 17.9 Å². The van der Waals surface area contributed by atoms with Crippen LogP contribution in [0, 0.1) is 0 Å². The van der Waals surface area contributed by atoms with Crippen LogP contribution in [-0.2, 0) is 8.85 Å². The average molecular weight is 603 g/mol. The molecule has 226 valence electrons. The van der Waals surface area contributed by atoms with Crippen LogP contribution in [0.5, 0.6) is 11.5 Å². The quantitative estimate of drug-likeness (QED) is 0.153. The lowest BCUT2D eigenvalue weighted by Crippen LogP contribution is -2.66. The fourth-order valence-electron chi connectivity index (χ4n) is 7.11. The van der Waals surface area contributed by atoms with Gasteiger partial charge in [-0.3, -0.25) is 0 Å². The molecule has 0 saturated carbocycles. The average Bonchev–Trinajstić information content (AvgIpc) is 3.42. The minimum atomic E-state index is -2.75. The Kier molecular flexibility index (Phi) is 9.93. The predicted molar refractivity (Wildman–Crippen MR) is 180 cm³/mol. The summed E-state index contributed by atoms with van der Waals surface area (Å²) in [4.78, 5) is 0. The molecule has 0 amide bonds. The standard InChI is InChI=1S/C36H50O4Si2/c1-26(2)41(27(3)4,28(5)6)40-35(30-21-22-33-34(23-30)38-25-37-33)29(7)24-39-42(36(8,9)10,31-17-13-11-14-18-31)32-19-15-12-16-20-32/h11-23,26-28,35H,7,24-25H2,1-6,8-10H3. The van der Waals surface area contributed by atoms with Crippen molar-refractivity contribution in [3.8, 4) is 11.5 Å². The second kappa shape index (κ2) is 12.9. The molecule has 0 N–H and O–H groups in total. The van der Waals surface area contributed by atoms with Crippen LogP contribution in [0.1, 0.15) is 74.0 Å². The molecular formula is C36H50O4Si2. The van der Waals surface area contributed by atoms with Crippen LogP contribution in [0.25, 0.3) is 0 Å². The summed E-state index contributed by atoms with van der Waals surface area (Å²) in [6.07, 6.45) is -0.323. The zero-order chi connectivity index (χ0) is 30.7. The van der Waals surface area contributed by atoms with Crippen LogP contribution in [0.15, 0.2) is 91.0 Å². The lowest BCUT2D eigenvalue weighted by molar-refractivity contribution is 0.173. The molecule has 0 aromatic heterocycles. The molecular weight excluding hydrogens is 553 g/mol. The first-order valence-electron chi connectivity index (χ1n) is 15.3. The van der Waals surface area contributed by atoms with E-state index in [1.807, 2.05) is 6.07 Å². The molecule has 4 rings (SSSR count). The third-order valence-corrected chi connectivity index (χ3v) is 20.0. The Morgan fingerprint density at radius 3 is 1.74 bits per heavy atom. The van der Waals surface area contributed by atoms with Gasteiger partial charge in [0.15, 0.2) is 11.5 Å². The highest BCUT2D eigenvalue weighted by atomic mass is 28.4. The van der Waals surface area contributed by atoms with Crippen molar-refractivity contribution in [3.63, 3.8) is 0 Å². The number of ether oxygens (including phenoxy) is 2. The zero-order valence-electron chi connectivity index (χ0n) is 27.1. The summed E-state index contributed by atoms with van der Waals surface area (Å²) in [5.74, 6) is 1.53. The molecule has 3 aromatic rings. The Balaban J connectivity index is 1.79. The highest BCUT2D eigenvalue weighted by Gasteiger charge is 2.51. The van der Waals surface area contributed by atoms with Crippen molar-refractivity contribution in [1.29, 1.82) is 0 Å². The number of fused-ring (bicyclic) bond motifs is 1. The van der Waals surface area contributed by atoms with Crippen LogP contribution in [0.3, 0.4) is 0 Å². The van der Waals surface area contributed by atoms with Crippen molar-refractivity contribution in [1.82, 2.24) is 0 Å². The maximum absolute atomic E-state index is 7.47. The van der Waals surface area contributed by atoms with E-state index in [9.17, 15) is 0 Å². The predicted octanol–water partition coefficient (Wildman–Crippen LogP) is 8.78. The van der Waals surface area contributed by atoms with Crippen molar-refractivity contribution < 1.29 is 18.3 Å². The summed E-state index contributed by atoms with van der Waals surface area (Å²) in [6.45, 7) is 26.2. The maximum Gasteiger partial charge on any atom is 0.261 e. The Morgan fingerprint density at radius 2 is 1.26 bits per heavy atom. The molecule has 0 aliphatic carbocycles. The Hall–Kier alpha value is -2.65. The molecule has 0 saturated heterocycles. The van der Waals surface area contributed by atoms with Crippen molar-refractivity contribution >= 4 is 27.0 Å². The maximum atomic E-state index is 7.47. The molecule has 3 aromatic carbocycles. The van der Waals surface area contributed by atoms with Gasteiger partial charge in [0.1, 0.15) is 0 Å².